The van der Waals surface area contributed by atoms with Gasteiger partial charge in [-0.15, -0.1) is 0 Å². The van der Waals surface area contributed by atoms with Gasteiger partial charge in [0.15, 0.2) is 0 Å². The molecule has 9 rings (SSSR count). The SMILES string of the molecule is O=C(NC(C(=O)N1CCN(CC(=O)N2CCN(C(=O)c3cc(Cc4n[nH]c(=O)c5ccccc45)ccc3F)CC2)CC1)C1CCCCC1)c1cc(C2CCCN(C(=O)C3CC3)C2)ccc1F. The van der Waals surface area contributed by atoms with Crippen LogP contribution in [0.3, 0.4) is 0 Å². The highest BCUT2D eigenvalue weighted by molar-refractivity contribution is 5.98. The standard InChI is InChI=1S/C50H58F2N8O6/c51-41-17-15-35(36-9-6-18-60(30-36)48(64)34-13-14-34)29-39(41)46(62)53-45(33-7-2-1-3-8-33)50(66)59-21-19-56(20-22-59)31-44(61)57-23-25-58(26-24-57)49(65)40-27-32(12-16-42(40)52)28-43-37-10-4-5-11-38(37)47(63)55-54-43/h4-5,10-12,15-17,27,29,33-34,36,45H,1-3,6-9,13-14,18-26,28,30-31H2,(H,53,62)(H,55,63). The molecule has 66 heavy (non-hydrogen) atoms. The zero-order valence-electron chi connectivity index (χ0n) is 37.3. The van der Waals surface area contributed by atoms with E-state index in [0.717, 1.165) is 69.9 Å². The Kier molecular flexibility index (Phi) is 13.6. The fourth-order valence-electron chi connectivity index (χ4n) is 10.4. The maximum absolute atomic E-state index is 15.4. The molecule has 3 aliphatic heterocycles. The average molecular weight is 905 g/mol. The summed E-state index contributed by atoms with van der Waals surface area (Å²) in [6.45, 7) is 4.15. The topological polar surface area (TPSA) is 159 Å². The molecule has 1 aromatic heterocycles. The van der Waals surface area contributed by atoms with Crippen molar-refractivity contribution in [3.05, 3.63) is 111 Å². The van der Waals surface area contributed by atoms with Gasteiger partial charge >= 0.3 is 0 Å². The zero-order chi connectivity index (χ0) is 45.9. The monoisotopic (exact) mass is 904 g/mol. The molecule has 4 heterocycles. The molecule has 0 radical (unpaired) electrons. The molecule has 0 spiro atoms. The molecule has 16 heteroatoms. The van der Waals surface area contributed by atoms with Gasteiger partial charge < -0.3 is 24.9 Å². The largest absolute Gasteiger partial charge is 0.342 e. The minimum atomic E-state index is -0.807. The van der Waals surface area contributed by atoms with Crippen LogP contribution >= 0.6 is 0 Å². The first-order valence-electron chi connectivity index (χ1n) is 23.7. The maximum atomic E-state index is 15.4. The summed E-state index contributed by atoms with van der Waals surface area (Å²) in [4.78, 5) is 89.4. The number of carbonyl (C=O) groups is 5. The number of aromatic amines is 1. The Balaban J connectivity index is 0.772. The fraction of sp³-hybridized carbons (Fsp3) is 0.500. The Labute approximate surface area is 382 Å². The summed E-state index contributed by atoms with van der Waals surface area (Å²) in [7, 11) is 0. The highest BCUT2D eigenvalue weighted by Gasteiger charge is 2.38. The van der Waals surface area contributed by atoms with E-state index in [1.807, 2.05) is 15.9 Å². The predicted octanol–water partition coefficient (Wildman–Crippen LogP) is 4.72. The van der Waals surface area contributed by atoms with Crippen LogP contribution in [0, 0.1) is 23.5 Å². The van der Waals surface area contributed by atoms with Crippen LogP contribution in [0.25, 0.3) is 10.8 Å². The minimum absolute atomic E-state index is 0.00334. The second-order valence-electron chi connectivity index (χ2n) is 18.8. The summed E-state index contributed by atoms with van der Waals surface area (Å²) in [5, 5.41) is 10.9. The first-order valence-corrected chi connectivity index (χ1v) is 23.7. The molecule has 348 valence electrons. The second-order valence-corrected chi connectivity index (χ2v) is 18.8. The van der Waals surface area contributed by atoms with Crippen LogP contribution in [-0.2, 0) is 20.8 Å². The lowest BCUT2D eigenvalue weighted by Crippen LogP contribution is -2.58. The smallest absolute Gasteiger partial charge is 0.272 e. The first-order chi connectivity index (χ1) is 32.0. The van der Waals surface area contributed by atoms with E-state index in [1.54, 1.807) is 51.1 Å². The van der Waals surface area contributed by atoms with Gasteiger partial charge in [-0.05, 0) is 85.9 Å². The lowest BCUT2D eigenvalue weighted by atomic mass is 9.83. The van der Waals surface area contributed by atoms with E-state index in [1.165, 1.54) is 18.2 Å². The molecule has 3 saturated heterocycles. The molecule has 2 saturated carbocycles. The molecule has 5 amide bonds. The van der Waals surface area contributed by atoms with E-state index in [0.29, 0.717) is 67.8 Å². The van der Waals surface area contributed by atoms with Gasteiger partial charge in [-0.3, -0.25) is 33.7 Å². The van der Waals surface area contributed by atoms with E-state index < -0.39 is 29.5 Å². The van der Waals surface area contributed by atoms with Crippen LogP contribution in [0.4, 0.5) is 8.78 Å². The Morgan fingerprint density at radius 3 is 2.12 bits per heavy atom. The normalized spacial score (nSPS) is 20.3. The van der Waals surface area contributed by atoms with Crippen LogP contribution in [0.15, 0.2) is 65.5 Å². The number of hydrogen-bond acceptors (Lipinski definition) is 8. The van der Waals surface area contributed by atoms with Gasteiger partial charge in [-0.1, -0.05) is 49.6 Å². The Bertz CT molecular complexity index is 2540. The summed E-state index contributed by atoms with van der Waals surface area (Å²) >= 11 is 0. The number of aromatic nitrogens is 2. The van der Waals surface area contributed by atoms with Crippen molar-refractivity contribution >= 4 is 40.3 Å². The minimum Gasteiger partial charge on any atom is -0.342 e. The number of piperidine rings is 1. The van der Waals surface area contributed by atoms with Gasteiger partial charge in [0.25, 0.3) is 17.4 Å². The van der Waals surface area contributed by atoms with Crippen LogP contribution in [-0.4, -0.2) is 142 Å². The molecule has 2 atom stereocenters. The maximum Gasteiger partial charge on any atom is 0.272 e. The Morgan fingerprint density at radius 1 is 0.697 bits per heavy atom. The number of H-pyrrole nitrogens is 1. The van der Waals surface area contributed by atoms with Gasteiger partial charge in [-0.2, -0.15) is 5.10 Å². The van der Waals surface area contributed by atoms with E-state index in [-0.39, 0.29) is 78.2 Å². The number of likely N-dealkylation sites (tertiary alicyclic amines) is 1. The van der Waals surface area contributed by atoms with Crippen molar-refractivity contribution in [2.75, 3.05) is 72.0 Å². The average Bonchev–Trinajstić information content (AvgIpc) is 4.21. The van der Waals surface area contributed by atoms with Crippen molar-refractivity contribution in [2.45, 2.75) is 76.2 Å². The highest BCUT2D eigenvalue weighted by Crippen LogP contribution is 2.35. The van der Waals surface area contributed by atoms with Crippen molar-refractivity contribution < 1.29 is 32.8 Å². The van der Waals surface area contributed by atoms with Crippen molar-refractivity contribution in [3.63, 3.8) is 0 Å². The third-order valence-electron chi connectivity index (χ3n) is 14.4. The second kappa shape index (κ2) is 19.8. The Hall–Kier alpha value is -6.03. The number of fused-ring (bicyclic) bond motifs is 1. The van der Waals surface area contributed by atoms with E-state index in [9.17, 15) is 28.8 Å². The highest BCUT2D eigenvalue weighted by atomic mass is 19.1. The molecular weight excluding hydrogens is 847 g/mol. The fourth-order valence-corrected chi connectivity index (χ4v) is 10.4. The van der Waals surface area contributed by atoms with Crippen LogP contribution in [0.1, 0.15) is 101 Å². The van der Waals surface area contributed by atoms with Gasteiger partial charge in [-0.25, -0.2) is 13.9 Å². The third-order valence-corrected chi connectivity index (χ3v) is 14.4. The van der Waals surface area contributed by atoms with E-state index >= 15 is 8.78 Å². The number of halogens is 2. The number of piperazine rings is 2. The lowest BCUT2D eigenvalue weighted by Gasteiger charge is -2.40. The molecule has 0 bridgehead atoms. The predicted molar refractivity (Wildman–Crippen MR) is 243 cm³/mol. The van der Waals surface area contributed by atoms with Gasteiger partial charge in [0.05, 0.1) is 28.8 Å². The number of nitrogens with one attached hydrogen (secondary N) is 2. The van der Waals surface area contributed by atoms with E-state index in [2.05, 4.69) is 15.5 Å². The summed E-state index contributed by atoms with van der Waals surface area (Å²) < 4.78 is 30.5. The molecule has 2 aliphatic carbocycles. The molecule has 5 aliphatic rings. The van der Waals surface area contributed by atoms with E-state index in [4.69, 9.17) is 0 Å². The third kappa shape index (κ3) is 10.0. The summed E-state index contributed by atoms with van der Waals surface area (Å²) in [5.74, 6) is -2.41. The van der Waals surface area contributed by atoms with Crippen molar-refractivity contribution in [3.8, 4) is 0 Å². The lowest BCUT2D eigenvalue weighted by molar-refractivity contribution is -0.138. The van der Waals surface area contributed by atoms with Crippen LogP contribution in [0.2, 0.25) is 0 Å². The summed E-state index contributed by atoms with van der Waals surface area (Å²) in [6.07, 6.45) is 8.37. The van der Waals surface area contributed by atoms with Gasteiger partial charge in [0.1, 0.15) is 17.7 Å². The number of amides is 5. The molecule has 5 fully saturated rings. The number of carbonyl (C=O) groups excluding carboxylic acids is 5. The molecule has 4 aromatic rings. The van der Waals surface area contributed by atoms with Gasteiger partial charge in [0.2, 0.25) is 17.7 Å². The number of benzene rings is 3. The molecule has 2 N–H and O–H groups in total. The van der Waals surface area contributed by atoms with Gasteiger partial charge in [0, 0.05) is 89.1 Å². The quantitative estimate of drug-likeness (QED) is 0.219. The number of rotatable bonds is 11. The first kappa shape index (κ1) is 45.1. The molecule has 2 unspecified atom stereocenters. The Morgan fingerprint density at radius 2 is 1.38 bits per heavy atom. The zero-order valence-corrected chi connectivity index (χ0v) is 37.3. The number of nitrogens with zero attached hydrogens (tertiary/aromatic N) is 6. The summed E-state index contributed by atoms with van der Waals surface area (Å²) in [5.41, 5.74) is 1.63. The van der Waals surface area contributed by atoms with Crippen molar-refractivity contribution in [1.29, 1.82) is 0 Å². The molecular formula is C50H58F2N8O6. The van der Waals surface area contributed by atoms with Crippen molar-refractivity contribution in [1.82, 2.24) is 40.0 Å². The van der Waals surface area contributed by atoms with Crippen molar-refractivity contribution in [2.24, 2.45) is 11.8 Å². The molecule has 14 nitrogen and oxygen atoms in total. The number of hydrogen-bond donors (Lipinski definition) is 2. The molecule has 3 aromatic carbocycles. The van der Waals surface area contributed by atoms with Crippen LogP contribution < -0.4 is 10.9 Å². The van der Waals surface area contributed by atoms with Crippen LogP contribution in [0.5, 0.6) is 0 Å². The summed E-state index contributed by atoms with van der Waals surface area (Å²) in [6, 6.07) is 15.3.